The van der Waals surface area contributed by atoms with E-state index in [4.69, 9.17) is 0 Å². The number of nitrogens with zero attached hydrogens (tertiary/aromatic N) is 1. The predicted molar refractivity (Wildman–Crippen MR) is 100 cm³/mol. The Kier molecular flexibility index (Phi) is 6.06. The summed E-state index contributed by atoms with van der Waals surface area (Å²) in [5.74, 6) is 0. The van der Waals surface area contributed by atoms with Crippen LogP contribution in [-0.4, -0.2) is 29.2 Å². The van der Waals surface area contributed by atoms with Crippen molar-refractivity contribution >= 4 is 0 Å². The SMILES string of the molecule is CCCC[C@H]1Cc2ccccc2CCN1[C@@H](CO)c1ccccc1. The van der Waals surface area contributed by atoms with Crippen molar-refractivity contribution in [1.29, 1.82) is 0 Å². The van der Waals surface area contributed by atoms with Gasteiger partial charge < -0.3 is 5.11 Å². The largest absolute Gasteiger partial charge is 0.394 e. The summed E-state index contributed by atoms with van der Waals surface area (Å²) < 4.78 is 0. The number of fused-ring (bicyclic) bond motifs is 1. The molecule has 0 amide bonds. The Bertz CT molecular complexity index is 625. The summed E-state index contributed by atoms with van der Waals surface area (Å²) in [5, 5.41) is 10.1. The van der Waals surface area contributed by atoms with Gasteiger partial charge in [-0.05, 0) is 36.0 Å². The van der Waals surface area contributed by atoms with E-state index in [9.17, 15) is 5.11 Å². The molecule has 0 radical (unpaired) electrons. The normalized spacial score (nSPS) is 19.5. The Morgan fingerprint density at radius 3 is 2.46 bits per heavy atom. The Labute approximate surface area is 146 Å². The smallest absolute Gasteiger partial charge is 0.0628 e. The molecule has 24 heavy (non-hydrogen) atoms. The van der Waals surface area contributed by atoms with Crippen molar-refractivity contribution in [3.05, 3.63) is 71.3 Å². The van der Waals surface area contributed by atoms with Crippen LogP contribution in [0.25, 0.3) is 0 Å². The van der Waals surface area contributed by atoms with E-state index in [0.717, 1.165) is 19.4 Å². The third-order valence-electron chi connectivity index (χ3n) is 5.33. The Hall–Kier alpha value is -1.64. The molecule has 0 saturated heterocycles. The van der Waals surface area contributed by atoms with E-state index < -0.39 is 0 Å². The second kappa shape index (κ2) is 8.46. The van der Waals surface area contributed by atoms with Gasteiger partial charge in [0.1, 0.15) is 0 Å². The van der Waals surface area contributed by atoms with Gasteiger partial charge in [-0.15, -0.1) is 0 Å². The molecule has 0 aliphatic carbocycles. The fourth-order valence-corrected chi connectivity index (χ4v) is 4.00. The molecule has 2 atom stereocenters. The molecule has 2 heteroatoms. The van der Waals surface area contributed by atoms with Crippen LogP contribution in [-0.2, 0) is 12.8 Å². The molecule has 2 aromatic carbocycles. The third kappa shape index (κ3) is 3.88. The lowest BCUT2D eigenvalue weighted by atomic mass is 9.96. The highest BCUT2D eigenvalue weighted by molar-refractivity contribution is 5.30. The van der Waals surface area contributed by atoms with Crippen LogP contribution >= 0.6 is 0 Å². The van der Waals surface area contributed by atoms with Crippen LogP contribution in [0.15, 0.2) is 54.6 Å². The lowest BCUT2D eigenvalue weighted by Crippen LogP contribution is -2.41. The van der Waals surface area contributed by atoms with Crippen molar-refractivity contribution in [2.75, 3.05) is 13.2 Å². The minimum atomic E-state index is 0.0994. The molecule has 0 fully saturated rings. The highest BCUT2D eigenvalue weighted by Gasteiger charge is 2.29. The van der Waals surface area contributed by atoms with Crippen molar-refractivity contribution in [3.8, 4) is 0 Å². The van der Waals surface area contributed by atoms with Crippen molar-refractivity contribution in [2.45, 2.75) is 51.1 Å². The summed E-state index contributed by atoms with van der Waals surface area (Å²) in [7, 11) is 0. The maximum Gasteiger partial charge on any atom is 0.0628 e. The molecule has 2 nitrogen and oxygen atoms in total. The summed E-state index contributed by atoms with van der Waals surface area (Å²) in [6, 6.07) is 20.0. The number of hydrogen-bond donors (Lipinski definition) is 1. The molecule has 1 heterocycles. The summed E-state index contributed by atoms with van der Waals surface area (Å²) in [5.41, 5.74) is 4.20. The van der Waals surface area contributed by atoms with Crippen LogP contribution in [0.5, 0.6) is 0 Å². The lowest BCUT2D eigenvalue weighted by Gasteiger charge is -2.36. The highest BCUT2D eigenvalue weighted by atomic mass is 16.3. The molecule has 1 aliphatic heterocycles. The molecule has 1 aliphatic rings. The number of aliphatic hydroxyl groups excluding tert-OH is 1. The Morgan fingerprint density at radius 2 is 1.75 bits per heavy atom. The van der Waals surface area contributed by atoms with Gasteiger partial charge in [-0.2, -0.15) is 0 Å². The van der Waals surface area contributed by atoms with Crippen molar-refractivity contribution < 1.29 is 5.11 Å². The molecule has 2 aromatic rings. The zero-order chi connectivity index (χ0) is 16.8. The number of benzene rings is 2. The maximum atomic E-state index is 10.1. The fraction of sp³-hybridized carbons (Fsp3) is 0.455. The molecule has 3 rings (SSSR count). The van der Waals surface area contributed by atoms with Gasteiger partial charge in [0.05, 0.1) is 12.6 Å². The van der Waals surface area contributed by atoms with E-state index in [2.05, 4.69) is 60.4 Å². The second-order valence-corrected chi connectivity index (χ2v) is 6.87. The topological polar surface area (TPSA) is 23.5 Å². The van der Waals surface area contributed by atoms with Gasteiger partial charge >= 0.3 is 0 Å². The van der Waals surface area contributed by atoms with Gasteiger partial charge in [-0.1, -0.05) is 74.4 Å². The van der Waals surface area contributed by atoms with Gasteiger partial charge in [0.25, 0.3) is 0 Å². The summed E-state index contributed by atoms with van der Waals surface area (Å²) in [4.78, 5) is 2.56. The first-order valence-corrected chi connectivity index (χ1v) is 9.31. The zero-order valence-corrected chi connectivity index (χ0v) is 14.7. The van der Waals surface area contributed by atoms with E-state index in [-0.39, 0.29) is 12.6 Å². The van der Waals surface area contributed by atoms with E-state index in [1.807, 2.05) is 6.07 Å². The molecule has 1 N–H and O–H groups in total. The summed E-state index contributed by atoms with van der Waals surface area (Å²) in [6.45, 7) is 3.46. The monoisotopic (exact) mass is 323 g/mol. The highest BCUT2D eigenvalue weighted by Crippen LogP contribution is 2.30. The van der Waals surface area contributed by atoms with E-state index in [1.165, 1.54) is 36.0 Å². The van der Waals surface area contributed by atoms with Crippen molar-refractivity contribution in [1.82, 2.24) is 4.90 Å². The lowest BCUT2D eigenvalue weighted by molar-refractivity contribution is 0.0804. The van der Waals surface area contributed by atoms with Crippen molar-refractivity contribution in [3.63, 3.8) is 0 Å². The number of aliphatic hydroxyl groups is 1. The van der Waals surface area contributed by atoms with Crippen LogP contribution in [0, 0.1) is 0 Å². The molecule has 0 saturated carbocycles. The van der Waals surface area contributed by atoms with E-state index >= 15 is 0 Å². The minimum Gasteiger partial charge on any atom is -0.394 e. The molecular weight excluding hydrogens is 294 g/mol. The van der Waals surface area contributed by atoms with Crippen LogP contribution in [0.4, 0.5) is 0 Å². The Morgan fingerprint density at radius 1 is 1.04 bits per heavy atom. The molecule has 0 unspecified atom stereocenters. The number of unbranched alkanes of at least 4 members (excludes halogenated alkanes) is 1. The third-order valence-corrected chi connectivity index (χ3v) is 5.33. The Balaban J connectivity index is 1.89. The zero-order valence-electron chi connectivity index (χ0n) is 14.7. The molecule has 128 valence electrons. The van der Waals surface area contributed by atoms with E-state index in [1.54, 1.807) is 0 Å². The molecular formula is C22H29NO. The van der Waals surface area contributed by atoms with Gasteiger partial charge in [-0.25, -0.2) is 0 Å². The van der Waals surface area contributed by atoms with Gasteiger partial charge in [0.2, 0.25) is 0 Å². The second-order valence-electron chi connectivity index (χ2n) is 6.87. The van der Waals surface area contributed by atoms with Crippen LogP contribution in [0.3, 0.4) is 0 Å². The number of hydrogen-bond acceptors (Lipinski definition) is 2. The van der Waals surface area contributed by atoms with Crippen LogP contribution < -0.4 is 0 Å². The average molecular weight is 323 g/mol. The van der Waals surface area contributed by atoms with Gasteiger partial charge in [0, 0.05) is 12.6 Å². The van der Waals surface area contributed by atoms with Gasteiger partial charge in [-0.3, -0.25) is 4.90 Å². The quantitative estimate of drug-likeness (QED) is 0.853. The summed E-state index contributed by atoms with van der Waals surface area (Å²) in [6.07, 6.45) is 5.84. The van der Waals surface area contributed by atoms with Crippen LogP contribution in [0.2, 0.25) is 0 Å². The molecule has 0 bridgehead atoms. The summed E-state index contributed by atoms with van der Waals surface area (Å²) >= 11 is 0. The molecule has 0 aromatic heterocycles. The predicted octanol–water partition coefficient (Wildman–Crippen LogP) is 4.38. The fourth-order valence-electron chi connectivity index (χ4n) is 4.00. The molecule has 0 spiro atoms. The number of rotatable bonds is 6. The standard InChI is InChI=1S/C22H29NO/c1-2-3-13-21-16-20-12-8-7-9-18(20)14-15-23(21)22(17-24)19-10-5-4-6-11-19/h4-12,21-22,24H,2-3,13-17H2,1H3/t21-,22-/m0/s1. The first-order valence-electron chi connectivity index (χ1n) is 9.31. The van der Waals surface area contributed by atoms with Crippen LogP contribution in [0.1, 0.15) is 48.9 Å². The van der Waals surface area contributed by atoms with Crippen molar-refractivity contribution in [2.24, 2.45) is 0 Å². The minimum absolute atomic E-state index is 0.0994. The van der Waals surface area contributed by atoms with Gasteiger partial charge in [0.15, 0.2) is 0 Å². The maximum absolute atomic E-state index is 10.1. The average Bonchev–Trinajstić information content (AvgIpc) is 2.81. The van der Waals surface area contributed by atoms with E-state index in [0.29, 0.717) is 6.04 Å². The first kappa shape index (κ1) is 17.2. The first-order chi connectivity index (χ1) is 11.8.